The summed E-state index contributed by atoms with van der Waals surface area (Å²) in [4.78, 5) is 17.9. The number of hydrogen-bond donors (Lipinski definition) is 0. The maximum Gasteiger partial charge on any atom is 0.257 e. The number of carbonyl (C=O) groups excluding carboxylic acids is 1. The zero-order chi connectivity index (χ0) is 22.9. The van der Waals surface area contributed by atoms with Crippen LogP contribution in [0.15, 0.2) is 68.9 Å². The molecule has 0 unspecified atom stereocenters. The fourth-order valence-electron chi connectivity index (χ4n) is 4.70. The third kappa shape index (κ3) is 4.20. The van der Waals surface area contributed by atoms with Crippen LogP contribution in [0.25, 0.3) is 0 Å². The summed E-state index contributed by atoms with van der Waals surface area (Å²) in [6.07, 6.45) is 3.81. The molecule has 0 bridgehead atoms. The highest BCUT2D eigenvalue weighted by Crippen LogP contribution is 2.34. The van der Waals surface area contributed by atoms with Crippen molar-refractivity contribution in [1.29, 1.82) is 0 Å². The van der Waals surface area contributed by atoms with E-state index in [0.29, 0.717) is 18.7 Å². The highest BCUT2D eigenvalue weighted by atomic mass is 16.7. The molecule has 2 aromatic heterocycles. The molecular formula is C25H26N4O5. The van der Waals surface area contributed by atoms with Crippen LogP contribution in [0, 0.1) is 0 Å². The molecule has 0 N–H and O–H groups in total. The molecule has 34 heavy (non-hydrogen) atoms. The smallest absolute Gasteiger partial charge is 0.257 e. The Labute approximate surface area is 197 Å². The standard InChI is InChI=1S/C25H26N4O5/c30-25(29-20(22-4-2-12-32-22)14-19(26-29)21-3-1-11-31-21)16-28-9-7-27(8-10-28)15-18-5-6-23-24(13-18)34-17-33-23/h1-6,11-13,20H,7-10,14-17H2/t20-/m1/s1. The van der Waals surface area contributed by atoms with Gasteiger partial charge in [-0.25, -0.2) is 5.01 Å². The van der Waals surface area contributed by atoms with Crippen molar-refractivity contribution in [3.63, 3.8) is 0 Å². The lowest BCUT2D eigenvalue weighted by atomic mass is 10.1. The van der Waals surface area contributed by atoms with Gasteiger partial charge in [-0.05, 0) is 42.0 Å². The van der Waals surface area contributed by atoms with Gasteiger partial charge in [-0.15, -0.1) is 0 Å². The van der Waals surface area contributed by atoms with Crippen LogP contribution in [0.1, 0.15) is 29.5 Å². The topological polar surface area (TPSA) is 83.9 Å². The van der Waals surface area contributed by atoms with E-state index in [1.807, 2.05) is 30.3 Å². The summed E-state index contributed by atoms with van der Waals surface area (Å²) >= 11 is 0. The Hall–Kier alpha value is -3.56. The molecule has 3 aromatic rings. The quantitative estimate of drug-likeness (QED) is 0.557. The Kier molecular flexibility index (Phi) is 5.56. The minimum atomic E-state index is -0.255. The molecule has 1 aromatic carbocycles. The van der Waals surface area contributed by atoms with Crippen LogP contribution in [0.5, 0.6) is 11.5 Å². The highest BCUT2D eigenvalue weighted by molar-refractivity contribution is 6.01. The third-order valence-electron chi connectivity index (χ3n) is 6.51. The lowest BCUT2D eigenvalue weighted by Crippen LogP contribution is -2.49. The van der Waals surface area contributed by atoms with E-state index in [1.54, 1.807) is 17.5 Å². The molecule has 0 spiro atoms. The molecule has 9 heteroatoms. The number of fused-ring (bicyclic) bond motifs is 1. The molecule has 1 atom stereocenters. The molecule has 0 radical (unpaired) electrons. The number of furan rings is 2. The highest BCUT2D eigenvalue weighted by Gasteiger charge is 2.36. The third-order valence-corrected chi connectivity index (χ3v) is 6.51. The monoisotopic (exact) mass is 462 g/mol. The van der Waals surface area contributed by atoms with Gasteiger partial charge in [0, 0.05) is 39.1 Å². The van der Waals surface area contributed by atoms with Crippen molar-refractivity contribution >= 4 is 11.6 Å². The van der Waals surface area contributed by atoms with Crippen molar-refractivity contribution in [2.75, 3.05) is 39.5 Å². The van der Waals surface area contributed by atoms with Crippen LogP contribution in [0.3, 0.4) is 0 Å². The van der Waals surface area contributed by atoms with Crippen molar-refractivity contribution in [3.05, 3.63) is 72.1 Å². The Morgan fingerprint density at radius 3 is 2.53 bits per heavy atom. The van der Waals surface area contributed by atoms with Crippen LogP contribution in [-0.2, 0) is 11.3 Å². The van der Waals surface area contributed by atoms with Gasteiger partial charge in [-0.1, -0.05) is 6.07 Å². The van der Waals surface area contributed by atoms with Gasteiger partial charge >= 0.3 is 0 Å². The molecule has 1 saturated heterocycles. The molecule has 1 amide bonds. The number of rotatable bonds is 6. The van der Waals surface area contributed by atoms with Gasteiger partial charge in [0.1, 0.15) is 23.3 Å². The molecule has 3 aliphatic heterocycles. The van der Waals surface area contributed by atoms with E-state index in [0.717, 1.165) is 55.7 Å². The minimum absolute atomic E-state index is 0.0350. The van der Waals surface area contributed by atoms with Gasteiger partial charge in [0.05, 0.1) is 19.1 Å². The first kappa shape index (κ1) is 21.0. The fraction of sp³-hybridized carbons (Fsp3) is 0.360. The maximum absolute atomic E-state index is 13.3. The summed E-state index contributed by atoms with van der Waals surface area (Å²) < 4.78 is 22.0. The van der Waals surface area contributed by atoms with Gasteiger partial charge < -0.3 is 18.3 Å². The van der Waals surface area contributed by atoms with Crippen LogP contribution in [0.4, 0.5) is 0 Å². The molecule has 176 valence electrons. The Morgan fingerprint density at radius 2 is 1.74 bits per heavy atom. The Bertz CT molecular complexity index is 1170. The van der Waals surface area contributed by atoms with E-state index in [9.17, 15) is 4.79 Å². The predicted octanol–water partition coefficient (Wildman–Crippen LogP) is 3.10. The number of ether oxygens (including phenoxy) is 2. The van der Waals surface area contributed by atoms with Gasteiger partial charge in [0.15, 0.2) is 11.5 Å². The second-order valence-electron chi connectivity index (χ2n) is 8.74. The van der Waals surface area contributed by atoms with Gasteiger partial charge in [0.25, 0.3) is 5.91 Å². The Morgan fingerprint density at radius 1 is 0.941 bits per heavy atom. The summed E-state index contributed by atoms with van der Waals surface area (Å²) in [6.45, 7) is 4.89. The van der Waals surface area contributed by atoms with Crippen molar-refractivity contribution in [2.24, 2.45) is 5.10 Å². The molecule has 0 saturated carbocycles. The lowest BCUT2D eigenvalue weighted by molar-refractivity contribution is -0.135. The first-order chi connectivity index (χ1) is 16.7. The number of hydrazone groups is 1. The number of nitrogens with zero attached hydrogens (tertiary/aromatic N) is 4. The lowest BCUT2D eigenvalue weighted by Gasteiger charge is -2.35. The van der Waals surface area contributed by atoms with Crippen molar-refractivity contribution < 1.29 is 23.1 Å². The molecule has 3 aliphatic rings. The Balaban J connectivity index is 1.07. The molecule has 1 fully saturated rings. The summed E-state index contributed by atoms with van der Waals surface area (Å²) in [5, 5.41) is 6.19. The number of piperazine rings is 1. The summed E-state index contributed by atoms with van der Waals surface area (Å²) in [5.74, 6) is 3.00. The SMILES string of the molecule is O=C(CN1CCN(Cc2ccc3c(c2)OCO3)CC1)N1N=C(c2ccco2)C[C@@H]1c1ccco1. The van der Waals surface area contributed by atoms with Crippen LogP contribution >= 0.6 is 0 Å². The molecule has 6 rings (SSSR count). The van der Waals surface area contributed by atoms with E-state index in [1.165, 1.54) is 5.56 Å². The van der Waals surface area contributed by atoms with E-state index in [-0.39, 0.29) is 18.7 Å². The average molecular weight is 463 g/mol. The number of amides is 1. The molecule has 5 heterocycles. The number of benzene rings is 1. The van der Waals surface area contributed by atoms with Crippen molar-refractivity contribution in [1.82, 2.24) is 14.8 Å². The van der Waals surface area contributed by atoms with E-state index < -0.39 is 0 Å². The first-order valence-corrected chi connectivity index (χ1v) is 11.5. The molecule has 0 aliphatic carbocycles. The fourth-order valence-corrected chi connectivity index (χ4v) is 4.70. The van der Waals surface area contributed by atoms with E-state index in [4.69, 9.17) is 18.3 Å². The second kappa shape index (κ2) is 9.00. The average Bonchev–Trinajstić information content (AvgIpc) is 3.66. The van der Waals surface area contributed by atoms with Gasteiger partial charge in [0.2, 0.25) is 6.79 Å². The second-order valence-corrected chi connectivity index (χ2v) is 8.74. The predicted molar refractivity (Wildman–Crippen MR) is 122 cm³/mol. The van der Waals surface area contributed by atoms with E-state index in [2.05, 4.69) is 27.0 Å². The first-order valence-electron chi connectivity index (χ1n) is 11.5. The molecule has 9 nitrogen and oxygen atoms in total. The zero-order valence-corrected chi connectivity index (χ0v) is 18.8. The number of hydrogen-bond acceptors (Lipinski definition) is 8. The zero-order valence-electron chi connectivity index (χ0n) is 18.8. The van der Waals surface area contributed by atoms with Crippen LogP contribution in [-0.4, -0.2) is 65.9 Å². The van der Waals surface area contributed by atoms with Crippen molar-refractivity contribution in [2.45, 2.75) is 19.0 Å². The summed E-state index contributed by atoms with van der Waals surface area (Å²) in [6, 6.07) is 13.3. The van der Waals surface area contributed by atoms with Crippen LogP contribution < -0.4 is 9.47 Å². The maximum atomic E-state index is 13.3. The molecular weight excluding hydrogens is 436 g/mol. The van der Waals surface area contributed by atoms with E-state index >= 15 is 0 Å². The van der Waals surface area contributed by atoms with Crippen LogP contribution in [0.2, 0.25) is 0 Å². The number of carbonyl (C=O) groups is 1. The minimum Gasteiger partial charge on any atom is -0.467 e. The van der Waals surface area contributed by atoms with Gasteiger partial charge in [-0.3, -0.25) is 14.6 Å². The van der Waals surface area contributed by atoms with Crippen molar-refractivity contribution in [3.8, 4) is 11.5 Å². The summed E-state index contributed by atoms with van der Waals surface area (Å²) in [7, 11) is 0. The largest absolute Gasteiger partial charge is 0.467 e. The summed E-state index contributed by atoms with van der Waals surface area (Å²) in [5.41, 5.74) is 1.96. The van der Waals surface area contributed by atoms with Gasteiger partial charge in [-0.2, -0.15) is 5.10 Å². The normalized spacial score (nSPS) is 20.6.